The number of hydrogen-bond donors (Lipinski definition) is 1. The van der Waals surface area contributed by atoms with Gasteiger partial charge in [0.2, 0.25) is 0 Å². The first-order valence-corrected chi connectivity index (χ1v) is 5.94. The van der Waals surface area contributed by atoms with Crippen LogP contribution in [-0.2, 0) is 0 Å². The van der Waals surface area contributed by atoms with Gasteiger partial charge in [-0.3, -0.25) is 4.90 Å². The van der Waals surface area contributed by atoms with Crippen LogP contribution in [0, 0.1) is 5.92 Å². The zero-order valence-electron chi connectivity index (χ0n) is 8.99. The van der Waals surface area contributed by atoms with Crippen LogP contribution in [0.2, 0.25) is 0 Å². The zero-order valence-corrected chi connectivity index (χ0v) is 8.99. The molecule has 0 aromatic rings. The maximum Gasteiger partial charge on any atom is 0.0558 e. The minimum absolute atomic E-state index is 0.308. The van der Waals surface area contributed by atoms with Gasteiger partial charge < -0.3 is 10.0 Å². The van der Waals surface area contributed by atoms with E-state index in [2.05, 4.69) is 9.80 Å². The normalized spacial score (nSPS) is 25.5. The molecule has 3 nitrogen and oxygen atoms in total. The van der Waals surface area contributed by atoms with Crippen LogP contribution < -0.4 is 0 Å². The van der Waals surface area contributed by atoms with E-state index in [1.165, 1.54) is 38.9 Å². The lowest BCUT2D eigenvalue weighted by Gasteiger charge is -2.34. The molecule has 1 saturated carbocycles. The first-order valence-electron chi connectivity index (χ1n) is 5.94. The van der Waals surface area contributed by atoms with Crippen LogP contribution in [0.25, 0.3) is 0 Å². The summed E-state index contributed by atoms with van der Waals surface area (Å²) >= 11 is 0. The van der Waals surface area contributed by atoms with E-state index < -0.39 is 0 Å². The van der Waals surface area contributed by atoms with Crippen LogP contribution in [0.5, 0.6) is 0 Å². The smallest absolute Gasteiger partial charge is 0.0558 e. The topological polar surface area (TPSA) is 26.7 Å². The van der Waals surface area contributed by atoms with E-state index in [1.807, 2.05) is 0 Å². The van der Waals surface area contributed by atoms with E-state index in [0.717, 1.165) is 25.6 Å². The predicted molar refractivity (Wildman–Crippen MR) is 57.3 cm³/mol. The molecule has 0 atom stereocenters. The molecule has 2 aliphatic rings. The molecule has 0 radical (unpaired) electrons. The number of nitrogens with zero attached hydrogens (tertiary/aromatic N) is 2. The van der Waals surface area contributed by atoms with Gasteiger partial charge in [-0.25, -0.2) is 0 Å². The maximum absolute atomic E-state index is 8.81. The summed E-state index contributed by atoms with van der Waals surface area (Å²) in [5.41, 5.74) is 0. The summed E-state index contributed by atoms with van der Waals surface area (Å²) < 4.78 is 0. The molecule has 1 heterocycles. The molecule has 1 saturated heterocycles. The van der Waals surface area contributed by atoms with Crippen LogP contribution in [0.1, 0.15) is 19.3 Å². The third-order valence-electron chi connectivity index (χ3n) is 3.43. The first kappa shape index (κ1) is 10.4. The van der Waals surface area contributed by atoms with Gasteiger partial charge in [0.05, 0.1) is 6.61 Å². The number of rotatable bonds is 5. The Labute approximate surface area is 86.7 Å². The Morgan fingerprint density at radius 3 is 2.00 bits per heavy atom. The molecule has 14 heavy (non-hydrogen) atoms. The van der Waals surface area contributed by atoms with Gasteiger partial charge in [-0.15, -0.1) is 0 Å². The fourth-order valence-electron chi connectivity index (χ4n) is 2.15. The fourth-order valence-corrected chi connectivity index (χ4v) is 2.15. The second kappa shape index (κ2) is 5.10. The lowest BCUT2D eigenvalue weighted by Crippen LogP contribution is -2.47. The number of β-amino-alcohol motifs (C(OH)–C–C–N with tert-alkyl or cyclic N) is 1. The van der Waals surface area contributed by atoms with Crippen molar-refractivity contribution in [1.82, 2.24) is 9.80 Å². The van der Waals surface area contributed by atoms with Crippen molar-refractivity contribution in [2.75, 3.05) is 45.9 Å². The summed E-state index contributed by atoms with van der Waals surface area (Å²) in [4.78, 5) is 4.93. The molecule has 1 N–H and O–H groups in total. The van der Waals surface area contributed by atoms with Crippen LogP contribution >= 0.6 is 0 Å². The molecule has 1 aliphatic heterocycles. The monoisotopic (exact) mass is 198 g/mol. The highest BCUT2D eigenvalue weighted by molar-refractivity contribution is 4.77. The Balaban J connectivity index is 1.57. The third-order valence-corrected chi connectivity index (χ3v) is 3.43. The fraction of sp³-hybridized carbons (Fsp3) is 1.00. The summed E-state index contributed by atoms with van der Waals surface area (Å²) in [6.45, 7) is 7.16. The zero-order chi connectivity index (χ0) is 9.80. The Morgan fingerprint density at radius 1 is 0.929 bits per heavy atom. The molecule has 0 bridgehead atoms. The van der Waals surface area contributed by atoms with Crippen molar-refractivity contribution in [2.24, 2.45) is 5.92 Å². The van der Waals surface area contributed by atoms with Crippen molar-refractivity contribution in [3.8, 4) is 0 Å². The van der Waals surface area contributed by atoms with Crippen molar-refractivity contribution >= 4 is 0 Å². The predicted octanol–water partition coefficient (Wildman–Crippen LogP) is 0.396. The molecule has 0 aromatic carbocycles. The van der Waals surface area contributed by atoms with Crippen molar-refractivity contribution < 1.29 is 5.11 Å². The van der Waals surface area contributed by atoms with Gasteiger partial charge in [-0.1, -0.05) is 12.8 Å². The lowest BCUT2D eigenvalue weighted by atomic mass is 10.2. The van der Waals surface area contributed by atoms with Gasteiger partial charge in [0.15, 0.2) is 0 Å². The second-order valence-electron chi connectivity index (χ2n) is 4.64. The standard InChI is InChI=1S/C11H22N2O/c14-10-9-13-7-5-12(6-8-13)4-3-11-1-2-11/h11,14H,1-10H2. The van der Waals surface area contributed by atoms with Crippen molar-refractivity contribution in [2.45, 2.75) is 19.3 Å². The molecule has 1 aliphatic carbocycles. The third kappa shape index (κ3) is 3.23. The summed E-state index contributed by atoms with van der Waals surface area (Å²) in [5, 5.41) is 8.81. The SMILES string of the molecule is OCCN1CCN(CCC2CC2)CC1. The van der Waals surface area contributed by atoms with Gasteiger partial charge in [0.25, 0.3) is 0 Å². The molecule has 0 unspecified atom stereocenters. The molecule has 0 amide bonds. The Kier molecular flexibility index (Phi) is 3.79. The minimum Gasteiger partial charge on any atom is -0.395 e. The number of piperazine rings is 1. The average molecular weight is 198 g/mol. The molecule has 2 rings (SSSR count). The Hall–Kier alpha value is -0.120. The molecule has 0 spiro atoms. The second-order valence-corrected chi connectivity index (χ2v) is 4.64. The minimum atomic E-state index is 0.308. The van der Waals surface area contributed by atoms with Crippen LogP contribution in [0.4, 0.5) is 0 Å². The molecular weight excluding hydrogens is 176 g/mol. The van der Waals surface area contributed by atoms with Crippen LogP contribution in [0.15, 0.2) is 0 Å². The lowest BCUT2D eigenvalue weighted by molar-refractivity contribution is 0.111. The summed E-state index contributed by atoms with van der Waals surface area (Å²) in [7, 11) is 0. The van der Waals surface area contributed by atoms with Crippen molar-refractivity contribution in [1.29, 1.82) is 0 Å². The summed E-state index contributed by atoms with van der Waals surface area (Å²) in [6.07, 6.45) is 4.37. The van der Waals surface area contributed by atoms with Gasteiger partial charge >= 0.3 is 0 Å². The Bertz CT molecular complexity index is 163. The highest BCUT2D eigenvalue weighted by Crippen LogP contribution is 2.32. The summed E-state index contributed by atoms with van der Waals surface area (Å²) in [5.74, 6) is 1.06. The summed E-state index contributed by atoms with van der Waals surface area (Å²) in [6, 6.07) is 0. The van der Waals surface area contributed by atoms with Crippen molar-refractivity contribution in [3.05, 3.63) is 0 Å². The van der Waals surface area contributed by atoms with Gasteiger partial charge in [-0.2, -0.15) is 0 Å². The van der Waals surface area contributed by atoms with E-state index in [9.17, 15) is 0 Å². The average Bonchev–Trinajstić information content (AvgIpc) is 3.01. The van der Waals surface area contributed by atoms with E-state index in [4.69, 9.17) is 5.11 Å². The van der Waals surface area contributed by atoms with Gasteiger partial charge in [-0.05, 0) is 18.9 Å². The molecule has 82 valence electrons. The molecule has 2 fully saturated rings. The highest BCUT2D eigenvalue weighted by Gasteiger charge is 2.23. The number of aliphatic hydroxyl groups excluding tert-OH is 1. The largest absolute Gasteiger partial charge is 0.395 e. The number of hydrogen-bond acceptors (Lipinski definition) is 3. The van der Waals surface area contributed by atoms with E-state index in [-0.39, 0.29) is 0 Å². The van der Waals surface area contributed by atoms with E-state index >= 15 is 0 Å². The van der Waals surface area contributed by atoms with Crippen LogP contribution in [0.3, 0.4) is 0 Å². The van der Waals surface area contributed by atoms with Crippen LogP contribution in [-0.4, -0.2) is 60.8 Å². The Morgan fingerprint density at radius 2 is 1.50 bits per heavy atom. The maximum atomic E-state index is 8.81. The van der Waals surface area contributed by atoms with E-state index in [0.29, 0.717) is 6.61 Å². The van der Waals surface area contributed by atoms with Gasteiger partial charge in [0.1, 0.15) is 0 Å². The van der Waals surface area contributed by atoms with Crippen molar-refractivity contribution in [3.63, 3.8) is 0 Å². The molecule has 3 heteroatoms. The van der Waals surface area contributed by atoms with Gasteiger partial charge in [0, 0.05) is 32.7 Å². The highest BCUT2D eigenvalue weighted by atomic mass is 16.3. The molecule has 0 aromatic heterocycles. The first-order chi connectivity index (χ1) is 6.88. The quantitative estimate of drug-likeness (QED) is 0.692. The van der Waals surface area contributed by atoms with E-state index in [1.54, 1.807) is 0 Å². The molecular formula is C11H22N2O. The number of aliphatic hydroxyl groups is 1.